The zero-order valence-electron chi connectivity index (χ0n) is 14.2. The topological polar surface area (TPSA) is 40.5 Å². The summed E-state index contributed by atoms with van der Waals surface area (Å²) in [6.07, 6.45) is -2.41. The van der Waals surface area contributed by atoms with Crippen molar-refractivity contribution < 1.29 is 22.0 Å². The van der Waals surface area contributed by atoms with Crippen molar-refractivity contribution in [2.75, 3.05) is 18.0 Å². The van der Waals surface area contributed by atoms with E-state index in [1.807, 2.05) is 0 Å². The molecule has 1 atom stereocenters. The van der Waals surface area contributed by atoms with E-state index >= 15 is 0 Å². The number of aliphatic imine (C=N–C) groups is 1. The number of rotatable bonds is 2. The molecule has 0 amide bonds. The van der Waals surface area contributed by atoms with Gasteiger partial charge in [-0.3, -0.25) is 4.99 Å². The highest BCUT2D eigenvalue weighted by Crippen LogP contribution is 2.36. The summed E-state index contributed by atoms with van der Waals surface area (Å²) in [6, 6.07) is 2.19. The van der Waals surface area contributed by atoms with Crippen LogP contribution < -0.4 is 10.2 Å². The van der Waals surface area contributed by atoms with Crippen LogP contribution in [0.4, 0.5) is 27.6 Å². The van der Waals surface area contributed by atoms with Crippen molar-refractivity contribution in [1.29, 1.82) is 0 Å². The van der Waals surface area contributed by atoms with Crippen LogP contribution in [0.15, 0.2) is 29.4 Å². The molecule has 9 heteroatoms. The minimum atomic E-state index is -4.59. The molecular formula is C17H19F5N4. The van der Waals surface area contributed by atoms with Gasteiger partial charge >= 0.3 is 6.18 Å². The molecule has 1 fully saturated rings. The van der Waals surface area contributed by atoms with Crippen molar-refractivity contribution in [2.24, 2.45) is 4.99 Å². The lowest BCUT2D eigenvalue weighted by molar-refractivity contribution is -0.141. The molecule has 0 saturated carbocycles. The van der Waals surface area contributed by atoms with E-state index in [0.717, 1.165) is 6.07 Å². The smallest absolute Gasteiger partial charge is 0.370 e. The fourth-order valence-electron chi connectivity index (χ4n) is 3.08. The molecule has 1 aromatic rings. The van der Waals surface area contributed by atoms with Crippen LogP contribution in [-0.4, -0.2) is 29.7 Å². The van der Waals surface area contributed by atoms with Gasteiger partial charge in [0, 0.05) is 37.8 Å². The number of aromatic nitrogens is 1. The van der Waals surface area contributed by atoms with Crippen LogP contribution in [0.1, 0.15) is 43.7 Å². The minimum absolute atomic E-state index is 0.0539. The maximum atomic E-state index is 13.6. The predicted octanol–water partition coefficient (Wildman–Crippen LogP) is 4.30. The summed E-state index contributed by atoms with van der Waals surface area (Å²) < 4.78 is 66.6. The van der Waals surface area contributed by atoms with Crippen molar-refractivity contribution in [1.82, 2.24) is 10.3 Å². The Bertz CT molecular complexity index is 726. The normalized spacial score (nSPS) is 23.2. The maximum Gasteiger partial charge on any atom is 0.433 e. The molecule has 1 saturated heterocycles. The van der Waals surface area contributed by atoms with E-state index in [0.29, 0.717) is 17.9 Å². The third kappa shape index (κ3) is 4.13. The Balaban J connectivity index is 2.00. The molecule has 0 aliphatic carbocycles. The molecule has 142 valence electrons. The molecule has 1 N–H and O–H groups in total. The summed E-state index contributed by atoms with van der Waals surface area (Å²) in [5.41, 5.74) is 0.107. The van der Waals surface area contributed by atoms with E-state index in [9.17, 15) is 22.0 Å². The summed E-state index contributed by atoms with van der Waals surface area (Å²) in [5.74, 6) is -2.76. The number of anilines is 1. The Morgan fingerprint density at radius 3 is 2.65 bits per heavy atom. The van der Waals surface area contributed by atoms with Crippen LogP contribution >= 0.6 is 0 Å². The lowest BCUT2D eigenvalue weighted by Gasteiger charge is -2.28. The number of allylic oxidation sites excluding steroid dienone is 1. The number of hydrogen-bond donors (Lipinski definition) is 1. The minimum Gasteiger partial charge on any atom is -0.370 e. The molecule has 3 heterocycles. The Labute approximate surface area is 147 Å². The van der Waals surface area contributed by atoms with Crippen molar-refractivity contribution >= 4 is 11.4 Å². The highest BCUT2D eigenvalue weighted by molar-refractivity contribution is 5.93. The summed E-state index contributed by atoms with van der Waals surface area (Å²) in [4.78, 5) is 9.76. The van der Waals surface area contributed by atoms with Gasteiger partial charge in [0.1, 0.15) is 11.4 Å². The van der Waals surface area contributed by atoms with Gasteiger partial charge in [0.05, 0.1) is 5.69 Å². The highest BCUT2D eigenvalue weighted by Gasteiger charge is 2.36. The molecule has 0 aromatic carbocycles. The van der Waals surface area contributed by atoms with Gasteiger partial charge in [0.25, 0.3) is 0 Å². The molecule has 0 radical (unpaired) electrons. The third-order valence-corrected chi connectivity index (χ3v) is 4.42. The van der Waals surface area contributed by atoms with Gasteiger partial charge in [-0.1, -0.05) is 0 Å². The molecule has 0 spiro atoms. The Kier molecular flexibility index (Phi) is 4.90. The molecule has 1 unspecified atom stereocenters. The van der Waals surface area contributed by atoms with Gasteiger partial charge in [-0.05, 0) is 31.6 Å². The quantitative estimate of drug-likeness (QED) is 0.785. The monoisotopic (exact) mass is 374 g/mol. The van der Waals surface area contributed by atoms with Gasteiger partial charge in [-0.25, -0.2) is 13.8 Å². The summed E-state index contributed by atoms with van der Waals surface area (Å²) in [5, 5.41) is 2.88. The van der Waals surface area contributed by atoms with Crippen LogP contribution in [0.3, 0.4) is 0 Å². The van der Waals surface area contributed by atoms with Crippen LogP contribution in [0.2, 0.25) is 0 Å². The first-order chi connectivity index (χ1) is 12.2. The van der Waals surface area contributed by atoms with Gasteiger partial charge in [-0.15, -0.1) is 0 Å². The number of halogens is 5. The largest absolute Gasteiger partial charge is 0.433 e. The predicted molar refractivity (Wildman–Crippen MR) is 88.4 cm³/mol. The average Bonchev–Trinajstić information content (AvgIpc) is 2.74. The zero-order chi connectivity index (χ0) is 18.9. The van der Waals surface area contributed by atoms with Gasteiger partial charge < -0.3 is 10.2 Å². The summed E-state index contributed by atoms with van der Waals surface area (Å²) >= 11 is 0. The van der Waals surface area contributed by atoms with E-state index in [2.05, 4.69) is 15.3 Å². The number of hydrogen-bond acceptors (Lipinski definition) is 4. The van der Waals surface area contributed by atoms with Gasteiger partial charge in [0.2, 0.25) is 5.92 Å². The number of pyridine rings is 1. The second kappa shape index (κ2) is 6.85. The molecule has 3 rings (SSSR count). The average molecular weight is 374 g/mol. The van der Waals surface area contributed by atoms with Gasteiger partial charge in [-0.2, -0.15) is 13.2 Å². The van der Waals surface area contributed by atoms with Crippen LogP contribution in [0.5, 0.6) is 0 Å². The first-order valence-electron chi connectivity index (χ1n) is 8.34. The summed E-state index contributed by atoms with van der Waals surface area (Å²) in [6.45, 7) is 2.11. The SMILES string of the molecule is CC1=NC(c2nc(C(F)(F)F)ccc2N2CCCC(F)(F)CC2)NC=C1. The van der Waals surface area contributed by atoms with Crippen LogP contribution in [0.25, 0.3) is 0 Å². The zero-order valence-corrected chi connectivity index (χ0v) is 14.2. The Morgan fingerprint density at radius 1 is 1.19 bits per heavy atom. The lowest BCUT2D eigenvalue weighted by atomic mass is 10.1. The van der Waals surface area contributed by atoms with E-state index in [-0.39, 0.29) is 31.5 Å². The van der Waals surface area contributed by atoms with E-state index in [4.69, 9.17) is 0 Å². The second-order valence-electron chi connectivity index (χ2n) is 6.47. The Hall–Kier alpha value is -2.19. The number of nitrogens with one attached hydrogen (secondary N) is 1. The highest BCUT2D eigenvalue weighted by atomic mass is 19.4. The fraction of sp³-hybridized carbons (Fsp3) is 0.529. The molecule has 2 aliphatic rings. The Morgan fingerprint density at radius 2 is 1.96 bits per heavy atom. The van der Waals surface area contributed by atoms with E-state index in [1.54, 1.807) is 24.1 Å². The fourth-order valence-corrected chi connectivity index (χ4v) is 3.08. The van der Waals surface area contributed by atoms with Crippen molar-refractivity contribution in [3.63, 3.8) is 0 Å². The summed E-state index contributed by atoms with van der Waals surface area (Å²) in [7, 11) is 0. The molecule has 26 heavy (non-hydrogen) atoms. The third-order valence-electron chi connectivity index (χ3n) is 4.42. The van der Waals surface area contributed by atoms with Crippen LogP contribution in [0, 0.1) is 0 Å². The maximum absolute atomic E-state index is 13.6. The molecule has 4 nitrogen and oxygen atoms in total. The number of nitrogens with zero attached hydrogens (tertiary/aromatic N) is 3. The van der Waals surface area contributed by atoms with E-state index < -0.39 is 24.0 Å². The lowest BCUT2D eigenvalue weighted by Crippen LogP contribution is -2.30. The van der Waals surface area contributed by atoms with Crippen molar-refractivity contribution in [3.8, 4) is 0 Å². The molecular weight excluding hydrogens is 355 g/mol. The molecule has 0 bridgehead atoms. The van der Waals surface area contributed by atoms with E-state index in [1.165, 1.54) is 6.07 Å². The van der Waals surface area contributed by atoms with Gasteiger partial charge in [0.15, 0.2) is 6.17 Å². The molecule has 1 aromatic heterocycles. The van der Waals surface area contributed by atoms with Crippen LogP contribution in [-0.2, 0) is 6.18 Å². The van der Waals surface area contributed by atoms with Crippen molar-refractivity contribution in [2.45, 2.75) is 44.5 Å². The standard InChI is InChI=1S/C17H19F5N4/c1-11-5-8-23-15(24-11)14-12(3-4-13(25-14)17(20,21)22)26-9-2-6-16(18,19)7-10-26/h3-5,8,15,23H,2,6-7,9-10H2,1H3. The first kappa shape index (κ1) is 18.6. The second-order valence-corrected chi connectivity index (χ2v) is 6.47. The first-order valence-corrected chi connectivity index (χ1v) is 8.34. The van der Waals surface area contributed by atoms with Crippen molar-refractivity contribution in [3.05, 3.63) is 35.8 Å². The number of alkyl halides is 5. The molecule has 2 aliphatic heterocycles.